The van der Waals surface area contributed by atoms with E-state index in [1.807, 2.05) is 45.2 Å². The van der Waals surface area contributed by atoms with Gasteiger partial charge in [-0.25, -0.2) is 0 Å². The maximum Gasteiger partial charge on any atom is 0.240 e. The van der Waals surface area contributed by atoms with Gasteiger partial charge < -0.3 is 9.47 Å². The van der Waals surface area contributed by atoms with Gasteiger partial charge in [-0.05, 0) is 29.5 Å². The summed E-state index contributed by atoms with van der Waals surface area (Å²) in [4.78, 5) is 10.9. The molecule has 3 nitrogen and oxygen atoms in total. The van der Waals surface area contributed by atoms with Crippen LogP contribution in [0.1, 0.15) is 6.92 Å². The Labute approximate surface area is 93.5 Å². The fourth-order valence-corrected chi connectivity index (χ4v) is 1.48. The molecule has 0 heterocycles. The van der Waals surface area contributed by atoms with Crippen LogP contribution in [-0.2, 0) is 14.3 Å². The van der Waals surface area contributed by atoms with Gasteiger partial charge in [0, 0.05) is 14.2 Å². The molecule has 1 unspecified atom stereocenters. The van der Waals surface area contributed by atoms with Crippen molar-refractivity contribution in [3.8, 4) is 0 Å². The van der Waals surface area contributed by atoms with Gasteiger partial charge in [-0.2, -0.15) is 0 Å². The van der Waals surface area contributed by atoms with Crippen LogP contribution < -0.4 is 0 Å². The number of hydrogen-bond acceptors (Lipinski definition) is 3. The number of ketones is 1. The van der Waals surface area contributed by atoms with Crippen molar-refractivity contribution < 1.29 is 14.3 Å². The lowest BCUT2D eigenvalue weighted by atomic mass is 10.3. The van der Waals surface area contributed by atoms with Crippen molar-refractivity contribution in [2.75, 3.05) is 14.2 Å². The minimum absolute atomic E-state index is 0.0451. The van der Waals surface area contributed by atoms with Crippen molar-refractivity contribution in [1.29, 1.82) is 0 Å². The summed E-state index contributed by atoms with van der Waals surface area (Å²) in [6.07, 6.45) is 0. The Morgan fingerprint density at radius 1 is 1.45 bits per heavy atom. The average Bonchev–Trinajstić information content (AvgIpc) is 2.01. The summed E-state index contributed by atoms with van der Waals surface area (Å²) in [6.45, 7) is 1.52. The molecular weight excluding hydrogens is 374 g/mol. The van der Waals surface area contributed by atoms with E-state index in [-0.39, 0.29) is 9.71 Å². The first-order valence-corrected chi connectivity index (χ1v) is 5.24. The van der Waals surface area contributed by atoms with Gasteiger partial charge in [-0.1, -0.05) is 22.6 Å². The van der Waals surface area contributed by atoms with E-state index in [0.29, 0.717) is 0 Å². The van der Waals surface area contributed by atoms with E-state index in [4.69, 9.17) is 9.47 Å². The van der Waals surface area contributed by atoms with Gasteiger partial charge in [-0.15, -0.1) is 0 Å². The van der Waals surface area contributed by atoms with Crippen LogP contribution in [0.2, 0.25) is 0 Å². The summed E-state index contributed by atoms with van der Waals surface area (Å²) in [6, 6.07) is 0. The Morgan fingerprint density at radius 2 is 1.82 bits per heavy atom. The van der Waals surface area contributed by atoms with Crippen molar-refractivity contribution in [3.63, 3.8) is 0 Å². The number of methoxy groups -OCH3 is 2. The monoisotopic (exact) mass is 384 g/mol. The molecule has 0 fully saturated rings. The van der Waals surface area contributed by atoms with Crippen LogP contribution >= 0.6 is 45.2 Å². The van der Waals surface area contributed by atoms with Crippen molar-refractivity contribution in [2.24, 2.45) is 0 Å². The van der Waals surface area contributed by atoms with Crippen LogP contribution in [0.3, 0.4) is 0 Å². The first-order valence-electron chi connectivity index (χ1n) is 2.91. The Bertz CT molecular complexity index is 145. The van der Waals surface area contributed by atoms with Crippen molar-refractivity contribution in [1.82, 2.24) is 0 Å². The molecule has 0 aliphatic carbocycles. The first-order chi connectivity index (χ1) is 4.98. The van der Waals surface area contributed by atoms with E-state index in [1.165, 1.54) is 21.1 Å². The number of Topliss-reactive ketones (excluding diaryl/α,β-unsaturated/α-hetero) is 1. The van der Waals surface area contributed by atoms with Crippen LogP contribution in [0, 0.1) is 0 Å². The fraction of sp³-hybridized carbons (Fsp3) is 0.833. The second-order valence-corrected chi connectivity index (χ2v) is 4.71. The van der Waals surface area contributed by atoms with Gasteiger partial charge in [0.25, 0.3) is 0 Å². The minimum Gasteiger partial charge on any atom is -0.344 e. The minimum atomic E-state index is -0.829. The standard InChI is InChI=1S/C6H10I2O3/c1-4(9)5(7)6(8,10-2)11-3/h5H,1-3H3. The second kappa shape index (κ2) is 4.93. The number of alkyl halides is 2. The summed E-state index contributed by atoms with van der Waals surface area (Å²) < 4.78 is 8.98. The average molecular weight is 384 g/mol. The van der Waals surface area contributed by atoms with E-state index in [2.05, 4.69) is 0 Å². The molecule has 0 N–H and O–H groups in total. The van der Waals surface area contributed by atoms with Gasteiger partial charge in [-0.3, -0.25) is 4.79 Å². The lowest BCUT2D eigenvalue weighted by molar-refractivity contribution is -0.137. The number of halogens is 2. The number of hydrogen-bond donors (Lipinski definition) is 0. The summed E-state index contributed by atoms with van der Waals surface area (Å²) in [5.74, 6) is 0.0451. The maximum absolute atomic E-state index is 10.9. The second-order valence-electron chi connectivity index (χ2n) is 1.96. The van der Waals surface area contributed by atoms with Gasteiger partial charge >= 0.3 is 0 Å². The van der Waals surface area contributed by atoms with E-state index < -0.39 is 3.79 Å². The highest BCUT2D eigenvalue weighted by molar-refractivity contribution is 14.1. The predicted octanol–water partition coefficient (Wildman–Crippen LogP) is 1.76. The van der Waals surface area contributed by atoms with E-state index in [0.717, 1.165) is 0 Å². The number of carbonyl (C=O) groups is 1. The molecule has 1 atom stereocenters. The lowest BCUT2D eigenvalue weighted by Crippen LogP contribution is -2.40. The summed E-state index contributed by atoms with van der Waals surface area (Å²) in [5, 5.41) is 0. The molecule has 5 heteroatoms. The van der Waals surface area contributed by atoms with Crippen molar-refractivity contribution in [3.05, 3.63) is 0 Å². The summed E-state index contributed by atoms with van der Waals surface area (Å²) >= 11 is 3.97. The lowest BCUT2D eigenvalue weighted by Gasteiger charge is -2.27. The molecule has 0 saturated carbocycles. The highest BCUT2D eigenvalue weighted by atomic mass is 127. The third-order valence-electron chi connectivity index (χ3n) is 1.22. The predicted molar refractivity (Wildman–Crippen MR) is 59.3 cm³/mol. The highest BCUT2D eigenvalue weighted by Gasteiger charge is 2.37. The molecule has 0 radical (unpaired) electrons. The molecule has 0 rings (SSSR count). The molecule has 0 amide bonds. The maximum atomic E-state index is 10.9. The SMILES string of the molecule is COC(I)(OC)C(I)C(C)=O. The molecule has 0 aromatic carbocycles. The van der Waals surface area contributed by atoms with Gasteiger partial charge in [0.2, 0.25) is 3.79 Å². The number of rotatable bonds is 4. The zero-order chi connectivity index (χ0) is 9.07. The molecule has 0 aromatic heterocycles. The number of ether oxygens (including phenoxy) is 2. The van der Waals surface area contributed by atoms with Crippen molar-refractivity contribution >= 4 is 51.0 Å². The van der Waals surface area contributed by atoms with Crippen LogP contribution in [0.4, 0.5) is 0 Å². The normalized spacial score (nSPS) is 14.6. The van der Waals surface area contributed by atoms with Crippen LogP contribution in [-0.4, -0.2) is 27.7 Å². The van der Waals surface area contributed by atoms with Gasteiger partial charge in [0.05, 0.1) is 0 Å². The zero-order valence-electron chi connectivity index (χ0n) is 6.56. The topological polar surface area (TPSA) is 35.5 Å². The molecule has 0 saturated heterocycles. The van der Waals surface area contributed by atoms with Crippen LogP contribution in [0.25, 0.3) is 0 Å². The molecule has 0 spiro atoms. The molecule has 0 aliphatic heterocycles. The third-order valence-corrected chi connectivity index (χ3v) is 5.61. The van der Waals surface area contributed by atoms with E-state index in [9.17, 15) is 4.79 Å². The Morgan fingerprint density at radius 3 is 1.91 bits per heavy atom. The zero-order valence-corrected chi connectivity index (χ0v) is 10.9. The van der Waals surface area contributed by atoms with E-state index in [1.54, 1.807) is 0 Å². The largest absolute Gasteiger partial charge is 0.344 e. The quantitative estimate of drug-likeness (QED) is 0.421. The fourth-order valence-electron chi connectivity index (χ4n) is 0.533. The Balaban J connectivity index is 4.36. The van der Waals surface area contributed by atoms with Gasteiger partial charge in [0.1, 0.15) is 9.71 Å². The molecule has 0 aliphatic rings. The van der Waals surface area contributed by atoms with E-state index >= 15 is 0 Å². The number of carbonyl (C=O) groups excluding carboxylic acids is 1. The summed E-state index contributed by atoms with van der Waals surface area (Å²) in [7, 11) is 3.04. The Hall–Kier alpha value is 1.05. The summed E-state index contributed by atoms with van der Waals surface area (Å²) in [5.41, 5.74) is 0. The van der Waals surface area contributed by atoms with Gasteiger partial charge in [0.15, 0.2) is 0 Å². The molecule has 11 heavy (non-hydrogen) atoms. The third kappa shape index (κ3) is 3.11. The first kappa shape index (κ1) is 12.0. The smallest absolute Gasteiger partial charge is 0.240 e. The Kier molecular flexibility index (Phi) is 5.40. The van der Waals surface area contributed by atoms with Crippen LogP contribution in [0.15, 0.2) is 0 Å². The highest BCUT2D eigenvalue weighted by Crippen LogP contribution is 2.31. The molecule has 66 valence electrons. The molecule has 0 bridgehead atoms. The van der Waals surface area contributed by atoms with Crippen LogP contribution in [0.5, 0.6) is 0 Å². The van der Waals surface area contributed by atoms with Crippen molar-refractivity contribution in [2.45, 2.75) is 14.6 Å². The molecule has 0 aromatic rings. The molecular formula is C6H10I2O3.